The molecule has 6 heteroatoms. The normalized spacial score (nSPS) is 10.7. The molecule has 0 aliphatic carbocycles. The summed E-state index contributed by atoms with van der Waals surface area (Å²) in [5.74, 6) is 0.736. The van der Waals surface area contributed by atoms with Crippen LogP contribution in [0.25, 0.3) is 0 Å². The Balaban J connectivity index is 2.18. The van der Waals surface area contributed by atoms with Crippen molar-refractivity contribution in [3.63, 3.8) is 0 Å². The maximum Gasteiger partial charge on any atom is 0.131 e. The highest BCUT2D eigenvalue weighted by Gasteiger charge is 2.12. The molecule has 0 bridgehead atoms. The third-order valence-electron chi connectivity index (χ3n) is 2.72. The third-order valence-corrected chi connectivity index (χ3v) is 4.21. The van der Waals surface area contributed by atoms with Gasteiger partial charge in [-0.1, -0.05) is 15.9 Å². The maximum absolute atomic E-state index is 5.79. The Hall–Kier alpha value is -1.01. The highest BCUT2D eigenvalue weighted by Crippen LogP contribution is 2.26. The topological polar surface area (TPSA) is 53.1 Å². The molecule has 0 unspecified atom stereocenters. The minimum atomic E-state index is 0.450. The lowest BCUT2D eigenvalue weighted by Gasteiger charge is -2.09. The fraction of sp³-hybridized carbons (Fsp3) is 0.308. The fourth-order valence-corrected chi connectivity index (χ4v) is 2.71. The second-order valence-electron chi connectivity index (χ2n) is 4.17. The van der Waals surface area contributed by atoms with Crippen LogP contribution in [-0.2, 0) is 13.2 Å². The molecule has 2 aromatic rings. The Morgan fingerprint density at radius 2 is 2.05 bits per heavy atom. The number of nitrogens with two attached hydrogens (primary N) is 1. The van der Waals surface area contributed by atoms with Crippen LogP contribution in [0.4, 0.5) is 5.69 Å². The van der Waals surface area contributed by atoms with Gasteiger partial charge in [0.05, 0.1) is 15.9 Å². The molecule has 0 saturated heterocycles. The van der Waals surface area contributed by atoms with E-state index in [2.05, 4.69) is 43.9 Å². The minimum Gasteiger partial charge on any atom is -0.487 e. The molecule has 0 aliphatic rings. The monoisotopic (exact) mass is 387 g/mol. The number of nitrogens with zero attached hydrogens (tertiary/aromatic N) is 2. The van der Waals surface area contributed by atoms with Crippen molar-refractivity contribution in [3.8, 4) is 5.75 Å². The zero-order valence-electron chi connectivity index (χ0n) is 10.8. The molecule has 0 saturated carbocycles. The quantitative estimate of drug-likeness (QED) is 0.808. The van der Waals surface area contributed by atoms with Gasteiger partial charge in [-0.3, -0.25) is 4.68 Å². The van der Waals surface area contributed by atoms with Gasteiger partial charge in [0.1, 0.15) is 12.4 Å². The van der Waals surface area contributed by atoms with E-state index in [-0.39, 0.29) is 0 Å². The van der Waals surface area contributed by atoms with E-state index in [0.717, 1.165) is 32.6 Å². The van der Waals surface area contributed by atoms with Gasteiger partial charge in [-0.2, -0.15) is 5.10 Å². The largest absolute Gasteiger partial charge is 0.487 e. The lowest BCUT2D eigenvalue weighted by molar-refractivity contribution is 0.291. The lowest BCUT2D eigenvalue weighted by atomic mass is 10.3. The van der Waals surface area contributed by atoms with Gasteiger partial charge < -0.3 is 10.5 Å². The van der Waals surface area contributed by atoms with E-state index >= 15 is 0 Å². The van der Waals surface area contributed by atoms with Crippen molar-refractivity contribution in [2.24, 2.45) is 0 Å². The molecule has 0 aliphatic heterocycles. The summed E-state index contributed by atoms with van der Waals surface area (Å²) in [5, 5.41) is 4.43. The summed E-state index contributed by atoms with van der Waals surface area (Å²) in [6.45, 7) is 5.28. The van der Waals surface area contributed by atoms with E-state index in [1.807, 2.05) is 23.7 Å². The van der Waals surface area contributed by atoms with Crippen molar-refractivity contribution in [3.05, 3.63) is 38.5 Å². The number of nitrogen functional groups attached to an aromatic ring is 1. The van der Waals surface area contributed by atoms with Crippen molar-refractivity contribution in [1.82, 2.24) is 9.78 Å². The summed E-state index contributed by atoms with van der Waals surface area (Å²) >= 11 is 6.95. The summed E-state index contributed by atoms with van der Waals surface area (Å²) in [5.41, 5.74) is 8.44. The van der Waals surface area contributed by atoms with E-state index < -0.39 is 0 Å². The van der Waals surface area contributed by atoms with Crippen molar-refractivity contribution in [2.75, 3.05) is 5.73 Å². The number of rotatable bonds is 4. The Kier molecular flexibility index (Phi) is 4.52. The third kappa shape index (κ3) is 3.30. The zero-order valence-corrected chi connectivity index (χ0v) is 14.0. The van der Waals surface area contributed by atoms with Gasteiger partial charge in [-0.25, -0.2) is 0 Å². The molecule has 0 radical (unpaired) electrons. The zero-order chi connectivity index (χ0) is 14.0. The summed E-state index contributed by atoms with van der Waals surface area (Å²) < 4.78 is 9.62. The van der Waals surface area contributed by atoms with Gasteiger partial charge >= 0.3 is 0 Å². The molecule has 102 valence electrons. The Morgan fingerprint density at radius 1 is 1.32 bits per heavy atom. The van der Waals surface area contributed by atoms with Crippen molar-refractivity contribution >= 4 is 37.5 Å². The van der Waals surface area contributed by atoms with Crippen molar-refractivity contribution < 1.29 is 4.74 Å². The van der Waals surface area contributed by atoms with E-state index in [1.54, 1.807) is 6.07 Å². The summed E-state index contributed by atoms with van der Waals surface area (Å²) in [7, 11) is 0. The van der Waals surface area contributed by atoms with Crippen LogP contribution in [0.5, 0.6) is 5.75 Å². The minimum absolute atomic E-state index is 0.450. The van der Waals surface area contributed by atoms with E-state index in [1.165, 1.54) is 0 Å². The average Bonchev–Trinajstić information content (AvgIpc) is 2.62. The molecule has 19 heavy (non-hydrogen) atoms. The van der Waals surface area contributed by atoms with Crippen LogP contribution in [0, 0.1) is 6.92 Å². The maximum atomic E-state index is 5.79. The van der Waals surface area contributed by atoms with Crippen LogP contribution in [0.2, 0.25) is 0 Å². The first-order valence-corrected chi connectivity index (χ1v) is 7.50. The Morgan fingerprint density at radius 3 is 2.68 bits per heavy atom. The Bertz CT molecular complexity index is 576. The first-order chi connectivity index (χ1) is 9.01. The first-order valence-electron chi connectivity index (χ1n) is 5.92. The molecule has 0 fully saturated rings. The molecule has 2 N–H and O–H groups in total. The number of anilines is 1. The molecule has 1 aromatic carbocycles. The summed E-state index contributed by atoms with van der Waals surface area (Å²) in [6.07, 6.45) is 0. The number of benzene rings is 1. The summed E-state index contributed by atoms with van der Waals surface area (Å²) in [6, 6.07) is 5.53. The molecule has 2 rings (SSSR count). The standard InChI is InChI=1S/C13H15Br2N3O/c1-3-18-12(13(15)8(2)17-18)7-19-11-5-9(14)4-10(16)6-11/h4-6H,3,7,16H2,1-2H3. The SMILES string of the molecule is CCn1nc(C)c(Br)c1COc1cc(N)cc(Br)c1. The second-order valence-corrected chi connectivity index (χ2v) is 5.88. The number of aromatic nitrogens is 2. The van der Waals surface area contributed by atoms with E-state index in [4.69, 9.17) is 10.5 Å². The highest BCUT2D eigenvalue weighted by molar-refractivity contribution is 9.10. The van der Waals surface area contributed by atoms with Crippen LogP contribution in [-0.4, -0.2) is 9.78 Å². The average molecular weight is 389 g/mol. The number of hydrogen-bond donors (Lipinski definition) is 1. The predicted octanol–water partition coefficient (Wildman–Crippen LogP) is 3.90. The molecule has 0 atom stereocenters. The molecule has 0 amide bonds. The Labute approximate surface area is 129 Å². The second kappa shape index (κ2) is 5.96. The number of halogens is 2. The van der Waals surface area contributed by atoms with Gasteiger partial charge in [0.15, 0.2) is 0 Å². The van der Waals surface area contributed by atoms with E-state index in [9.17, 15) is 0 Å². The fourth-order valence-electron chi connectivity index (χ4n) is 1.83. The van der Waals surface area contributed by atoms with Gasteiger partial charge in [0, 0.05) is 22.8 Å². The van der Waals surface area contributed by atoms with Gasteiger partial charge in [0.2, 0.25) is 0 Å². The van der Waals surface area contributed by atoms with Gasteiger partial charge in [-0.15, -0.1) is 0 Å². The van der Waals surface area contributed by atoms with Crippen LogP contribution in [0.1, 0.15) is 18.3 Å². The van der Waals surface area contributed by atoms with Crippen LogP contribution in [0.3, 0.4) is 0 Å². The van der Waals surface area contributed by atoms with Crippen LogP contribution in [0.15, 0.2) is 27.1 Å². The molecule has 4 nitrogen and oxygen atoms in total. The number of hydrogen-bond acceptors (Lipinski definition) is 3. The predicted molar refractivity (Wildman–Crippen MR) is 83.2 cm³/mol. The first kappa shape index (κ1) is 14.4. The highest BCUT2D eigenvalue weighted by atomic mass is 79.9. The number of aryl methyl sites for hydroxylation is 2. The van der Waals surface area contributed by atoms with Crippen molar-refractivity contribution in [1.29, 1.82) is 0 Å². The van der Waals surface area contributed by atoms with Gasteiger partial charge in [-0.05, 0) is 41.9 Å². The lowest BCUT2D eigenvalue weighted by Crippen LogP contribution is -2.06. The molecular formula is C13H15Br2N3O. The molecule has 1 heterocycles. The molecule has 0 spiro atoms. The number of ether oxygens (including phenoxy) is 1. The van der Waals surface area contributed by atoms with E-state index in [0.29, 0.717) is 12.3 Å². The van der Waals surface area contributed by atoms with Crippen molar-refractivity contribution in [2.45, 2.75) is 27.0 Å². The molecule has 1 aromatic heterocycles. The van der Waals surface area contributed by atoms with Gasteiger partial charge in [0.25, 0.3) is 0 Å². The summed E-state index contributed by atoms with van der Waals surface area (Å²) in [4.78, 5) is 0. The smallest absolute Gasteiger partial charge is 0.131 e. The van der Waals surface area contributed by atoms with Crippen LogP contribution >= 0.6 is 31.9 Å². The van der Waals surface area contributed by atoms with Crippen LogP contribution < -0.4 is 10.5 Å². The molecular weight excluding hydrogens is 374 g/mol.